The lowest BCUT2D eigenvalue weighted by Crippen LogP contribution is -2.28. The Morgan fingerprint density at radius 3 is 2.22 bits per heavy atom. The molecule has 2 amide bonds. The molecule has 0 N–H and O–H groups in total. The topological polar surface area (TPSA) is 65.1 Å². The fourth-order valence-corrected chi connectivity index (χ4v) is 3.61. The van der Waals surface area contributed by atoms with E-state index in [1.165, 1.54) is 7.11 Å². The molecule has 0 aliphatic carbocycles. The van der Waals surface area contributed by atoms with Gasteiger partial charge in [-0.25, -0.2) is 4.90 Å². The summed E-state index contributed by atoms with van der Waals surface area (Å²) in [6.07, 6.45) is 1.69. The van der Waals surface area contributed by atoms with E-state index in [9.17, 15) is 9.59 Å². The van der Waals surface area contributed by atoms with Crippen molar-refractivity contribution < 1.29 is 23.8 Å². The summed E-state index contributed by atoms with van der Waals surface area (Å²) >= 11 is 0.894. The second-order valence-corrected chi connectivity index (χ2v) is 6.75. The molecule has 1 saturated heterocycles. The van der Waals surface area contributed by atoms with Crippen molar-refractivity contribution in [2.75, 3.05) is 26.2 Å². The van der Waals surface area contributed by atoms with Gasteiger partial charge in [0.15, 0.2) is 11.5 Å². The van der Waals surface area contributed by atoms with E-state index in [-0.39, 0.29) is 11.1 Å². The molecule has 3 rings (SSSR count). The molecule has 1 heterocycles. The van der Waals surface area contributed by atoms with Gasteiger partial charge in [-0.05, 0) is 60.2 Å². The molecule has 2 aromatic carbocycles. The van der Waals surface area contributed by atoms with E-state index in [1.54, 1.807) is 50.6 Å². The monoisotopic (exact) mass is 385 g/mol. The minimum Gasteiger partial charge on any atom is -0.495 e. The van der Waals surface area contributed by atoms with Crippen molar-refractivity contribution in [3.63, 3.8) is 0 Å². The van der Waals surface area contributed by atoms with Gasteiger partial charge in [-0.15, -0.1) is 0 Å². The first kappa shape index (κ1) is 18.8. The van der Waals surface area contributed by atoms with E-state index in [0.29, 0.717) is 27.8 Å². The molecule has 27 heavy (non-hydrogen) atoms. The second kappa shape index (κ2) is 7.75. The number of rotatable bonds is 5. The Morgan fingerprint density at radius 1 is 0.926 bits per heavy atom. The highest BCUT2D eigenvalue weighted by Crippen LogP contribution is 2.40. The van der Waals surface area contributed by atoms with Crippen molar-refractivity contribution >= 4 is 34.7 Å². The van der Waals surface area contributed by atoms with Gasteiger partial charge < -0.3 is 14.2 Å². The van der Waals surface area contributed by atoms with Crippen LogP contribution < -0.4 is 19.1 Å². The maximum Gasteiger partial charge on any atom is 0.298 e. The molecule has 0 aromatic heterocycles. The Kier molecular flexibility index (Phi) is 5.41. The summed E-state index contributed by atoms with van der Waals surface area (Å²) in [5.41, 5.74) is 2.10. The molecule has 2 aromatic rings. The van der Waals surface area contributed by atoms with Gasteiger partial charge in [0.2, 0.25) is 0 Å². The highest BCUT2D eigenvalue weighted by Gasteiger charge is 2.37. The molecule has 0 radical (unpaired) electrons. The smallest absolute Gasteiger partial charge is 0.298 e. The number of imide groups is 1. The summed E-state index contributed by atoms with van der Waals surface area (Å²) in [4.78, 5) is 26.8. The van der Waals surface area contributed by atoms with Crippen molar-refractivity contribution in [2.45, 2.75) is 6.92 Å². The zero-order valence-corrected chi connectivity index (χ0v) is 16.3. The van der Waals surface area contributed by atoms with E-state index >= 15 is 0 Å². The van der Waals surface area contributed by atoms with Gasteiger partial charge in [-0.3, -0.25) is 9.59 Å². The lowest BCUT2D eigenvalue weighted by atomic mass is 10.1. The van der Waals surface area contributed by atoms with Crippen LogP contribution in [0.15, 0.2) is 41.3 Å². The van der Waals surface area contributed by atoms with Crippen LogP contribution in [0.1, 0.15) is 11.1 Å². The molecule has 6 nitrogen and oxygen atoms in total. The number of anilines is 1. The molecular weight excluding hydrogens is 366 g/mol. The minimum atomic E-state index is -0.385. The number of hydrogen-bond acceptors (Lipinski definition) is 6. The Hall–Kier alpha value is -2.93. The number of methoxy groups -OCH3 is 3. The summed E-state index contributed by atoms with van der Waals surface area (Å²) in [6.45, 7) is 1.90. The van der Waals surface area contributed by atoms with Crippen LogP contribution in [0.25, 0.3) is 6.08 Å². The third kappa shape index (κ3) is 3.50. The third-order valence-corrected chi connectivity index (χ3v) is 5.05. The van der Waals surface area contributed by atoms with E-state index in [0.717, 1.165) is 27.8 Å². The first-order valence-corrected chi connectivity index (χ1v) is 8.95. The van der Waals surface area contributed by atoms with Crippen molar-refractivity contribution in [1.29, 1.82) is 0 Å². The zero-order valence-electron chi connectivity index (χ0n) is 15.4. The predicted molar refractivity (Wildman–Crippen MR) is 106 cm³/mol. The van der Waals surface area contributed by atoms with Gasteiger partial charge in [-0.2, -0.15) is 0 Å². The van der Waals surface area contributed by atoms with Gasteiger partial charge in [-0.1, -0.05) is 12.1 Å². The molecule has 0 atom stereocenters. The summed E-state index contributed by atoms with van der Waals surface area (Å²) in [6, 6.07) is 10.5. The quantitative estimate of drug-likeness (QED) is 0.717. The molecule has 1 fully saturated rings. The number of carbonyl (C=O) groups excluding carboxylic acids is 2. The Bertz CT molecular complexity index is 938. The molecule has 0 spiro atoms. The number of ether oxygens (including phenoxy) is 3. The highest BCUT2D eigenvalue weighted by molar-refractivity contribution is 8.19. The van der Waals surface area contributed by atoms with Crippen molar-refractivity contribution in [3.8, 4) is 17.2 Å². The van der Waals surface area contributed by atoms with Crippen molar-refractivity contribution in [2.24, 2.45) is 0 Å². The summed E-state index contributed by atoms with van der Waals surface area (Å²) < 4.78 is 15.9. The Morgan fingerprint density at radius 2 is 1.56 bits per heavy atom. The van der Waals surface area contributed by atoms with Crippen LogP contribution in [0.4, 0.5) is 10.5 Å². The first-order valence-electron chi connectivity index (χ1n) is 8.13. The molecule has 0 unspecified atom stereocenters. The summed E-state index contributed by atoms with van der Waals surface area (Å²) in [5, 5.41) is -0.367. The van der Waals surface area contributed by atoms with Crippen LogP contribution in [0, 0.1) is 6.92 Å². The van der Waals surface area contributed by atoms with Gasteiger partial charge in [0, 0.05) is 0 Å². The third-order valence-electron chi connectivity index (χ3n) is 4.18. The molecule has 0 bridgehead atoms. The predicted octanol–water partition coefficient (Wildman–Crippen LogP) is 4.26. The molecule has 0 saturated carbocycles. The van der Waals surface area contributed by atoms with E-state index < -0.39 is 0 Å². The number of thioether (sulfide) groups is 1. The number of benzene rings is 2. The molecule has 7 heteroatoms. The van der Waals surface area contributed by atoms with E-state index in [2.05, 4.69) is 0 Å². The molecule has 1 aliphatic heterocycles. The van der Waals surface area contributed by atoms with Crippen molar-refractivity contribution in [1.82, 2.24) is 0 Å². The zero-order chi connectivity index (χ0) is 19.6. The number of hydrogen-bond donors (Lipinski definition) is 0. The highest BCUT2D eigenvalue weighted by atomic mass is 32.2. The van der Waals surface area contributed by atoms with Crippen molar-refractivity contribution in [3.05, 3.63) is 52.4 Å². The van der Waals surface area contributed by atoms with Crippen LogP contribution in [-0.2, 0) is 4.79 Å². The fraction of sp³-hybridized carbons (Fsp3) is 0.200. The molecule has 1 aliphatic rings. The maximum absolute atomic E-state index is 12.9. The van der Waals surface area contributed by atoms with Crippen LogP contribution in [0.3, 0.4) is 0 Å². The average molecular weight is 385 g/mol. The second-order valence-electron chi connectivity index (χ2n) is 5.75. The number of para-hydroxylation sites is 2. The average Bonchev–Trinajstić information content (AvgIpc) is 2.96. The first-order chi connectivity index (χ1) is 13.0. The Labute approximate surface area is 161 Å². The fourth-order valence-electron chi connectivity index (χ4n) is 2.78. The largest absolute Gasteiger partial charge is 0.495 e. The van der Waals surface area contributed by atoms with Gasteiger partial charge in [0.05, 0.1) is 31.9 Å². The van der Waals surface area contributed by atoms with E-state index in [4.69, 9.17) is 14.2 Å². The van der Waals surface area contributed by atoms with Crippen LogP contribution >= 0.6 is 11.8 Å². The lowest BCUT2D eigenvalue weighted by molar-refractivity contribution is -0.113. The SMILES string of the molecule is COc1cc(C)c(C=C2SC(=O)N(c3ccccc3OC)C2=O)cc1OC. The Balaban J connectivity index is 2.00. The van der Waals surface area contributed by atoms with Crippen LogP contribution in [-0.4, -0.2) is 32.5 Å². The number of nitrogens with zero attached hydrogens (tertiary/aromatic N) is 1. The summed E-state index contributed by atoms with van der Waals surface area (Å²) in [5.74, 6) is 1.24. The van der Waals surface area contributed by atoms with Gasteiger partial charge >= 0.3 is 0 Å². The summed E-state index contributed by atoms with van der Waals surface area (Å²) in [7, 11) is 4.61. The standard InChI is InChI=1S/C20H19NO5S/c1-12-9-16(25-3)17(26-4)10-13(12)11-18-19(22)21(20(23)27-18)14-7-5-6-8-15(14)24-2/h5-11H,1-4H3. The lowest BCUT2D eigenvalue weighted by Gasteiger charge is -2.15. The van der Waals surface area contributed by atoms with Gasteiger partial charge in [0.25, 0.3) is 11.1 Å². The van der Waals surface area contributed by atoms with Gasteiger partial charge in [0.1, 0.15) is 5.75 Å². The van der Waals surface area contributed by atoms with Crippen LogP contribution in [0.2, 0.25) is 0 Å². The number of aryl methyl sites for hydroxylation is 1. The number of amides is 2. The molecule has 140 valence electrons. The van der Waals surface area contributed by atoms with Crippen LogP contribution in [0.5, 0.6) is 17.2 Å². The molecular formula is C20H19NO5S. The maximum atomic E-state index is 12.9. The normalized spacial score (nSPS) is 15.4. The minimum absolute atomic E-state index is 0.334. The van der Waals surface area contributed by atoms with E-state index in [1.807, 2.05) is 13.0 Å². The number of carbonyl (C=O) groups is 2.